The Balaban J connectivity index is 1.58. The number of carbonyl (C=O) groups is 2. The summed E-state index contributed by atoms with van der Waals surface area (Å²) in [5.74, 6) is 1.24. The van der Waals surface area contributed by atoms with Crippen molar-refractivity contribution in [3.63, 3.8) is 0 Å². The maximum absolute atomic E-state index is 12.5. The second kappa shape index (κ2) is 10.5. The number of benzene rings is 2. The van der Waals surface area contributed by atoms with E-state index in [1.165, 1.54) is 11.3 Å². The number of thiophene rings is 1. The first-order valence-corrected chi connectivity index (χ1v) is 10.4. The number of hydrogen-bond donors (Lipinski definition) is 2. The third kappa shape index (κ3) is 5.55. The molecule has 1 aromatic heterocycles. The second-order valence-electron chi connectivity index (χ2n) is 6.57. The molecule has 0 saturated heterocycles. The summed E-state index contributed by atoms with van der Waals surface area (Å²) in [6.45, 7) is 0.693. The highest BCUT2D eigenvalue weighted by Gasteiger charge is 2.14. The van der Waals surface area contributed by atoms with E-state index < -0.39 is 0 Å². The van der Waals surface area contributed by atoms with Gasteiger partial charge in [-0.2, -0.15) is 0 Å². The van der Waals surface area contributed by atoms with Crippen LogP contribution >= 0.6 is 11.3 Å². The fraction of sp³-hybridized carbons (Fsp3) is 0.217. The minimum absolute atomic E-state index is 0.109. The molecule has 0 spiro atoms. The van der Waals surface area contributed by atoms with Crippen molar-refractivity contribution < 1.29 is 23.8 Å². The van der Waals surface area contributed by atoms with E-state index >= 15 is 0 Å². The molecule has 0 fully saturated rings. The van der Waals surface area contributed by atoms with Crippen LogP contribution in [0, 0.1) is 0 Å². The van der Waals surface area contributed by atoms with E-state index in [-0.39, 0.29) is 11.8 Å². The fourth-order valence-electron chi connectivity index (χ4n) is 2.97. The van der Waals surface area contributed by atoms with Gasteiger partial charge in [0.2, 0.25) is 5.75 Å². The molecule has 2 aromatic carbocycles. The van der Waals surface area contributed by atoms with Crippen molar-refractivity contribution in [1.29, 1.82) is 0 Å². The van der Waals surface area contributed by atoms with E-state index in [9.17, 15) is 9.59 Å². The highest BCUT2D eigenvalue weighted by atomic mass is 32.1. The molecule has 162 valence electrons. The zero-order chi connectivity index (χ0) is 22.2. The fourth-order valence-corrected chi connectivity index (χ4v) is 3.61. The second-order valence-corrected chi connectivity index (χ2v) is 7.52. The van der Waals surface area contributed by atoms with Gasteiger partial charge >= 0.3 is 0 Å². The molecule has 1 heterocycles. The first-order chi connectivity index (χ1) is 15.0. The number of ether oxygens (including phenoxy) is 3. The maximum atomic E-state index is 12.5. The Morgan fingerprint density at radius 3 is 1.97 bits per heavy atom. The van der Waals surface area contributed by atoms with Crippen LogP contribution in [-0.2, 0) is 13.1 Å². The molecule has 0 radical (unpaired) electrons. The van der Waals surface area contributed by atoms with Crippen molar-refractivity contribution in [2.45, 2.75) is 13.1 Å². The topological polar surface area (TPSA) is 85.9 Å². The molecule has 0 aliphatic rings. The predicted molar refractivity (Wildman–Crippen MR) is 119 cm³/mol. The SMILES string of the molecule is COc1cc(CNC(=O)c2ccc(CNC(=O)c3cccs3)cc2)cc(OC)c1OC. The summed E-state index contributed by atoms with van der Waals surface area (Å²) in [7, 11) is 4.63. The molecule has 0 bridgehead atoms. The van der Waals surface area contributed by atoms with Gasteiger partial charge in [0.05, 0.1) is 26.2 Å². The normalized spacial score (nSPS) is 10.3. The van der Waals surface area contributed by atoms with Gasteiger partial charge in [0.1, 0.15) is 0 Å². The van der Waals surface area contributed by atoms with E-state index in [0.29, 0.717) is 40.8 Å². The lowest BCUT2D eigenvalue weighted by Gasteiger charge is -2.14. The highest BCUT2D eigenvalue weighted by Crippen LogP contribution is 2.38. The van der Waals surface area contributed by atoms with Gasteiger partial charge in [-0.1, -0.05) is 18.2 Å². The first-order valence-electron chi connectivity index (χ1n) is 9.53. The lowest BCUT2D eigenvalue weighted by molar-refractivity contribution is 0.0943. The number of nitrogens with one attached hydrogen (secondary N) is 2. The molecule has 0 aliphatic heterocycles. The summed E-state index contributed by atoms with van der Waals surface area (Å²) in [5, 5.41) is 7.61. The van der Waals surface area contributed by atoms with Gasteiger partial charge in [-0.25, -0.2) is 0 Å². The molecule has 3 aromatic rings. The van der Waals surface area contributed by atoms with Gasteiger partial charge in [0, 0.05) is 18.7 Å². The van der Waals surface area contributed by atoms with E-state index in [0.717, 1.165) is 11.1 Å². The van der Waals surface area contributed by atoms with Crippen molar-refractivity contribution in [3.05, 3.63) is 75.5 Å². The first kappa shape index (κ1) is 22.2. The standard InChI is InChI=1S/C23H24N2O5S/c1-28-18-11-16(12-19(29-2)21(18)30-3)14-24-22(26)17-8-6-15(7-9-17)13-25-23(27)20-5-4-10-31-20/h4-12H,13-14H2,1-3H3,(H,24,26)(H,25,27). The van der Waals surface area contributed by atoms with E-state index in [2.05, 4.69) is 10.6 Å². The molecular weight excluding hydrogens is 416 g/mol. The third-order valence-corrected chi connectivity index (χ3v) is 5.46. The van der Waals surface area contributed by atoms with Crippen LogP contribution in [0.25, 0.3) is 0 Å². The third-order valence-electron chi connectivity index (χ3n) is 4.59. The van der Waals surface area contributed by atoms with E-state index in [4.69, 9.17) is 14.2 Å². The number of rotatable bonds is 9. The van der Waals surface area contributed by atoms with E-state index in [1.54, 1.807) is 51.7 Å². The van der Waals surface area contributed by atoms with Gasteiger partial charge < -0.3 is 24.8 Å². The summed E-state index contributed by atoms with van der Waals surface area (Å²) in [5.41, 5.74) is 2.25. The van der Waals surface area contributed by atoms with Crippen LogP contribution in [0.4, 0.5) is 0 Å². The van der Waals surface area contributed by atoms with Crippen LogP contribution in [-0.4, -0.2) is 33.1 Å². The summed E-state index contributed by atoms with van der Waals surface area (Å²) in [4.78, 5) is 25.2. The monoisotopic (exact) mass is 440 g/mol. The van der Waals surface area contributed by atoms with Crippen molar-refractivity contribution in [2.75, 3.05) is 21.3 Å². The van der Waals surface area contributed by atoms with Crippen LogP contribution in [0.3, 0.4) is 0 Å². The lowest BCUT2D eigenvalue weighted by Crippen LogP contribution is -2.23. The van der Waals surface area contributed by atoms with Crippen LogP contribution in [0.2, 0.25) is 0 Å². The van der Waals surface area contributed by atoms with Crippen LogP contribution in [0.15, 0.2) is 53.9 Å². The van der Waals surface area contributed by atoms with Gasteiger partial charge in [-0.3, -0.25) is 9.59 Å². The Hall–Kier alpha value is -3.52. The van der Waals surface area contributed by atoms with Crippen molar-refractivity contribution in [1.82, 2.24) is 10.6 Å². The minimum atomic E-state index is -0.206. The number of hydrogen-bond acceptors (Lipinski definition) is 6. The Labute approximate surface area is 185 Å². The van der Waals surface area contributed by atoms with Crippen LogP contribution in [0.1, 0.15) is 31.2 Å². The summed E-state index contributed by atoms with van der Waals surface area (Å²) < 4.78 is 16.0. The number of amides is 2. The van der Waals surface area contributed by atoms with Gasteiger partial charge in [0.25, 0.3) is 11.8 Å². The zero-order valence-corrected chi connectivity index (χ0v) is 18.4. The Morgan fingerprint density at radius 2 is 1.42 bits per heavy atom. The van der Waals surface area contributed by atoms with Crippen molar-refractivity contribution in [2.24, 2.45) is 0 Å². The average molecular weight is 441 g/mol. The zero-order valence-electron chi connectivity index (χ0n) is 17.6. The molecular formula is C23H24N2O5S. The number of carbonyl (C=O) groups excluding carboxylic acids is 2. The minimum Gasteiger partial charge on any atom is -0.493 e. The molecule has 0 atom stereocenters. The summed E-state index contributed by atoms with van der Waals surface area (Å²) in [6.07, 6.45) is 0. The molecule has 0 saturated carbocycles. The number of methoxy groups -OCH3 is 3. The van der Waals surface area contributed by atoms with Gasteiger partial charge in [-0.15, -0.1) is 11.3 Å². The predicted octanol–water partition coefficient (Wildman–Crippen LogP) is 3.63. The molecule has 2 amide bonds. The van der Waals surface area contributed by atoms with Gasteiger partial charge in [0.15, 0.2) is 11.5 Å². The largest absolute Gasteiger partial charge is 0.493 e. The van der Waals surface area contributed by atoms with Crippen LogP contribution in [0.5, 0.6) is 17.2 Å². The Bertz CT molecular complexity index is 1010. The Kier molecular flexibility index (Phi) is 7.50. The van der Waals surface area contributed by atoms with Gasteiger partial charge in [-0.05, 0) is 46.8 Å². The molecule has 2 N–H and O–H groups in total. The Morgan fingerprint density at radius 1 is 0.806 bits per heavy atom. The molecule has 0 unspecified atom stereocenters. The maximum Gasteiger partial charge on any atom is 0.261 e. The smallest absolute Gasteiger partial charge is 0.261 e. The molecule has 7 nitrogen and oxygen atoms in total. The quantitative estimate of drug-likeness (QED) is 0.531. The average Bonchev–Trinajstić information content (AvgIpc) is 3.35. The molecule has 0 aliphatic carbocycles. The summed E-state index contributed by atoms with van der Waals surface area (Å²) >= 11 is 1.39. The molecule has 8 heteroatoms. The van der Waals surface area contributed by atoms with Crippen LogP contribution < -0.4 is 24.8 Å². The van der Waals surface area contributed by atoms with E-state index in [1.807, 2.05) is 23.6 Å². The highest BCUT2D eigenvalue weighted by molar-refractivity contribution is 7.12. The summed E-state index contributed by atoms with van der Waals surface area (Å²) in [6, 6.07) is 14.3. The lowest BCUT2D eigenvalue weighted by atomic mass is 10.1. The van der Waals surface area contributed by atoms with Crippen molar-refractivity contribution >= 4 is 23.2 Å². The molecule has 31 heavy (non-hydrogen) atoms. The molecule has 3 rings (SSSR count). The van der Waals surface area contributed by atoms with Crippen molar-refractivity contribution in [3.8, 4) is 17.2 Å².